The molecule has 0 saturated carbocycles. The second-order valence-electron chi connectivity index (χ2n) is 3.61. The highest BCUT2D eigenvalue weighted by molar-refractivity contribution is 9.10. The van der Waals surface area contributed by atoms with E-state index < -0.39 is 10.0 Å². The van der Waals surface area contributed by atoms with E-state index in [0.29, 0.717) is 0 Å². The molecule has 2 aromatic rings. The van der Waals surface area contributed by atoms with Gasteiger partial charge in [-0.25, -0.2) is 13.4 Å². The molecule has 1 aromatic heterocycles. The summed E-state index contributed by atoms with van der Waals surface area (Å²) in [5.41, 5.74) is 0.844. The fraction of sp³-hybridized carbons (Fsp3) is 0.0909. The Morgan fingerprint density at radius 2 is 2.06 bits per heavy atom. The van der Waals surface area contributed by atoms with E-state index in [9.17, 15) is 8.42 Å². The van der Waals surface area contributed by atoms with Crippen molar-refractivity contribution in [3.8, 4) is 0 Å². The summed E-state index contributed by atoms with van der Waals surface area (Å²) in [5.74, 6) is 0.193. The van der Waals surface area contributed by atoms with Gasteiger partial charge in [-0.05, 0) is 30.7 Å². The number of halogens is 1. The van der Waals surface area contributed by atoms with Crippen molar-refractivity contribution in [1.29, 1.82) is 0 Å². The summed E-state index contributed by atoms with van der Waals surface area (Å²) in [4.78, 5) is 7.85. The van der Waals surface area contributed by atoms with Crippen LogP contribution in [0.3, 0.4) is 0 Å². The summed E-state index contributed by atoms with van der Waals surface area (Å²) in [5, 5.41) is 0. The molecule has 94 valence electrons. The molecule has 1 heterocycles. The third kappa shape index (κ3) is 2.85. The quantitative estimate of drug-likeness (QED) is 0.939. The normalized spacial score (nSPS) is 11.2. The van der Waals surface area contributed by atoms with Crippen LogP contribution < -0.4 is 4.72 Å². The predicted octanol–water partition coefficient (Wildman–Crippen LogP) is 2.35. The van der Waals surface area contributed by atoms with Gasteiger partial charge in [0.2, 0.25) is 0 Å². The SMILES string of the molecule is Cc1cc(S(=O)(=O)Nc2cnccn2)ccc1Br. The van der Waals surface area contributed by atoms with E-state index in [1.54, 1.807) is 12.1 Å². The minimum absolute atomic E-state index is 0.189. The Hall–Kier alpha value is -1.47. The maximum absolute atomic E-state index is 12.1. The lowest BCUT2D eigenvalue weighted by Gasteiger charge is -2.08. The number of rotatable bonds is 3. The van der Waals surface area contributed by atoms with Gasteiger partial charge in [-0.15, -0.1) is 0 Å². The van der Waals surface area contributed by atoms with Crippen LogP contribution in [0.2, 0.25) is 0 Å². The summed E-state index contributed by atoms with van der Waals surface area (Å²) >= 11 is 3.33. The Balaban J connectivity index is 2.34. The third-order valence-corrected chi connectivity index (χ3v) is 4.48. The van der Waals surface area contributed by atoms with Gasteiger partial charge in [0.15, 0.2) is 5.82 Å². The molecule has 0 saturated heterocycles. The van der Waals surface area contributed by atoms with E-state index in [4.69, 9.17) is 0 Å². The average Bonchev–Trinajstić information content (AvgIpc) is 2.33. The molecule has 0 amide bonds. The van der Waals surface area contributed by atoms with Gasteiger partial charge in [0.25, 0.3) is 10.0 Å². The molecule has 0 aliphatic rings. The molecule has 5 nitrogen and oxygen atoms in total. The van der Waals surface area contributed by atoms with Gasteiger partial charge in [-0.1, -0.05) is 15.9 Å². The number of anilines is 1. The fourth-order valence-electron chi connectivity index (χ4n) is 1.33. The number of sulfonamides is 1. The lowest BCUT2D eigenvalue weighted by Crippen LogP contribution is -2.14. The van der Waals surface area contributed by atoms with Crippen molar-refractivity contribution < 1.29 is 8.42 Å². The van der Waals surface area contributed by atoms with E-state index in [2.05, 4.69) is 30.6 Å². The smallest absolute Gasteiger partial charge is 0.262 e. The number of aryl methyl sites for hydroxylation is 1. The molecular formula is C11H10BrN3O2S. The van der Waals surface area contributed by atoms with Gasteiger partial charge in [0.1, 0.15) is 0 Å². The lowest BCUT2D eigenvalue weighted by atomic mass is 10.2. The second-order valence-corrected chi connectivity index (χ2v) is 6.14. The van der Waals surface area contributed by atoms with E-state index in [1.165, 1.54) is 24.7 Å². The van der Waals surface area contributed by atoms with Gasteiger partial charge in [0.05, 0.1) is 11.1 Å². The Kier molecular flexibility index (Phi) is 3.63. The van der Waals surface area contributed by atoms with E-state index in [1.807, 2.05) is 6.92 Å². The summed E-state index contributed by atoms with van der Waals surface area (Å²) < 4.78 is 27.4. The third-order valence-electron chi connectivity index (χ3n) is 2.24. The maximum Gasteiger partial charge on any atom is 0.263 e. The van der Waals surface area contributed by atoms with Crippen LogP contribution in [-0.2, 0) is 10.0 Å². The van der Waals surface area contributed by atoms with Gasteiger partial charge in [0, 0.05) is 16.9 Å². The first kappa shape index (κ1) is 13.0. The summed E-state index contributed by atoms with van der Waals surface area (Å²) in [6.45, 7) is 1.82. The van der Waals surface area contributed by atoms with Crippen LogP contribution in [0, 0.1) is 6.92 Å². The zero-order chi connectivity index (χ0) is 13.2. The Labute approximate surface area is 113 Å². The zero-order valence-electron chi connectivity index (χ0n) is 9.46. The largest absolute Gasteiger partial charge is 0.263 e. The molecule has 0 radical (unpaired) electrons. The van der Waals surface area contributed by atoms with Crippen molar-refractivity contribution in [2.45, 2.75) is 11.8 Å². The maximum atomic E-state index is 12.1. The fourth-order valence-corrected chi connectivity index (χ4v) is 2.66. The highest BCUT2D eigenvalue weighted by Gasteiger charge is 2.15. The van der Waals surface area contributed by atoms with Gasteiger partial charge >= 0.3 is 0 Å². The molecule has 0 fully saturated rings. The molecular weight excluding hydrogens is 318 g/mol. The molecule has 7 heteroatoms. The Bertz CT molecular complexity index is 659. The standard InChI is InChI=1S/C11H10BrN3O2S/c1-8-6-9(2-3-10(8)12)18(16,17)15-11-7-13-4-5-14-11/h2-7H,1H3,(H,14,15). The number of nitrogens with zero attached hydrogens (tertiary/aromatic N) is 2. The lowest BCUT2D eigenvalue weighted by molar-refractivity contribution is 0.601. The number of benzene rings is 1. The average molecular weight is 328 g/mol. The van der Waals surface area contributed by atoms with Crippen LogP contribution in [0.4, 0.5) is 5.82 Å². The number of hydrogen-bond acceptors (Lipinski definition) is 4. The molecule has 2 rings (SSSR count). The summed E-state index contributed by atoms with van der Waals surface area (Å²) in [7, 11) is -3.63. The van der Waals surface area contributed by atoms with Crippen molar-refractivity contribution in [1.82, 2.24) is 9.97 Å². The topological polar surface area (TPSA) is 72.0 Å². The summed E-state index contributed by atoms with van der Waals surface area (Å²) in [6.07, 6.45) is 4.25. The van der Waals surface area contributed by atoms with Crippen LogP contribution in [0.1, 0.15) is 5.56 Å². The van der Waals surface area contributed by atoms with Crippen LogP contribution >= 0.6 is 15.9 Å². The monoisotopic (exact) mass is 327 g/mol. The van der Waals surface area contributed by atoms with Crippen molar-refractivity contribution >= 4 is 31.8 Å². The zero-order valence-corrected chi connectivity index (χ0v) is 11.9. The summed E-state index contributed by atoms with van der Waals surface area (Å²) in [6, 6.07) is 4.80. The Morgan fingerprint density at radius 3 is 2.67 bits per heavy atom. The van der Waals surface area contributed by atoms with E-state index in [0.717, 1.165) is 10.0 Å². The molecule has 0 bridgehead atoms. The van der Waals surface area contributed by atoms with Gasteiger partial charge in [-0.3, -0.25) is 9.71 Å². The molecule has 1 aromatic carbocycles. The molecule has 0 unspecified atom stereocenters. The number of nitrogens with one attached hydrogen (secondary N) is 1. The molecule has 0 spiro atoms. The highest BCUT2D eigenvalue weighted by Crippen LogP contribution is 2.21. The van der Waals surface area contributed by atoms with Crippen molar-refractivity contribution in [3.05, 3.63) is 46.8 Å². The van der Waals surface area contributed by atoms with Crippen molar-refractivity contribution in [2.75, 3.05) is 4.72 Å². The number of aromatic nitrogens is 2. The number of hydrogen-bond donors (Lipinski definition) is 1. The van der Waals surface area contributed by atoms with Gasteiger partial charge < -0.3 is 0 Å². The van der Waals surface area contributed by atoms with E-state index in [-0.39, 0.29) is 10.7 Å². The van der Waals surface area contributed by atoms with E-state index >= 15 is 0 Å². The molecule has 0 atom stereocenters. The van der Waals surface area contributed by atoms with Gasteiger partial charge in [-0.2, -0.15) is 0 Å². The second kappa shape index (κ2) is 5.03. The van der Waals surface area contributed by atoms with Crippen LogP contribution in [0.15, 0.2) is 46.2 Å². The minimum atomic E-state index is -3.63. The van der Waals surface area contributed by atoms with Crippen LogP contribution in [0.25, 0.3) is 0 Å². The first-order valence-electron chi connectivity index (χ1n) is 5.04. The Morgan fingerprint density at radius 1 is 1.28 bits per heavy atom. The van der Waals surface area contributed by atoms with Crippen LogP contribution in [0.5, 0.6) is 0 Å². The van der Waals surface area contributed by atoms with Crippen molar-refractivity contribution in [2.24, 2.45) is 0 Å². The minimum Gasteiger partial charge on any atom is -0.262 e. The predicted molar refractivity (Wildman–Crippen MR) is 71.7 cm³/mol. The first-order valence-corrected chi connectivity index (χ1v) is 7.31. The molecule has 1 N–H and O–H groups in total. The van der Waals surface area contributed by atoms with Crippen LogP contribution in [-0.4, -0.2) is 18.4 Å². The van der Waals surface area contributed by atoms with Crippen molar-refractivity contribution in [3.63, 3.8) is 0 Å². The molecule has 18 heavy (non-hydrogen) atoms. The molecule has 0 aliphatic heterocycles. The molecule has 0 aliphatic carbocycles. The highest BCUT2D eigenvalue weighted by atomic mass is 79.9. The first-order chi connectivity index (χ1) is 8.49.